The minimum Gasteiger partial charge on any atom is -0.279 e. The smallest absolute Gasteiger partial charge is 0.279 e. The monoisotopic (exact) mass is 396 g/mol. The third-order valence-electron chi connectivity index (χ3n) is 3.39. The maximum atomic E-state index is 12.6. The molecule has 0 atom stereocenters. The van der Waals surface area contributed by atoms with Crippen molar-refractivity contribution in [2.75, 3.05) is 0 Å². The first kappa shape index (κ1) is 15.7. The Morgan fingerprint density at radius 3 is 2.61 bits per heavy atom. The number of nitrogens with zero attached hydrogens (tertiary/aromatic N) is 3. The lowest BCUT2D eigenvalue weighted by Crippen LogP contribution is -2.30. The molecule has 0 fully saturated rings. The molecule has 0 unspecified atom stereocenters. The van der Waals surface area contributed by atoms with E-state index in [9.17, 15) is 14.4 Å². The molecule has 0 spiro atoms. The highest BCUT2D eigenvalue weighted by Gasteiger charge is 2.20. The van der Waals surface area contributed by atoms with Gasteiger partial charge in [0.25, 0.3) is 5.56 Å². The molecule has 0 amide bonds. The number of imidazole rings is 1. The molecular formula is C14H10BrClN4O3. The van der Waals surface area contributed by atoms with Crippen molar-refractivity contribution in [3.8, 4) is 0 Å². The normalized spacial score (nSPS) is 11.1. The Morgan fingerprint density at radius 2 is 1.96 bits per heavy atom. The first-order valence-electron chi connectivity index (χ1n) is 6.53. The summed E-state index contributed by atoms with van der Waals surface area (Å²) in [7, 11) is 1.47. The Morgan fingerprint density at radius 1 is 1.30 bits per heavy atom. The van der Waals surface area contributed by atoms with Crippen LogP contribution in [0.3, 0.4) is 0 Å². The van der Waals surface area contributed by atoms with Gasteiger partial charge < -0.3 is 0 Å². The number of nitrogens with one attached hydrogen (secondary N) is 1. The van der Waals surface area contributed by atoms with Crippen LogP contribution >= 0.6 is 27.5 Å². The summed E-state index contributed by atoms with van der Waals surface area (Å²) in [5.41, 5.74) is -0.349. The summed E-state index contributed by atoms with van der Waals surface area (Å²) in [4.78, 5) is 42.5. The molecule has 0 aliphatic heterocycles. The highest BCUT2D eigenvalue weighted by Crippen LogP contribution is 2.17. The Labute approximate surface area is 142 Å². The number of hydrogen-bond donors (Lipinski definition) is 1. The fraction of sp³-hybridized carbons (Fsp3) is 0.143. The first-order chi connectivity index (χ1) is 10.9. The number of aromatic amines is 1. The van der Waals surface area contributed by atoms with Crippen molar-refractivity contribution in [1.29, 1.82) is 0 Å². The van der Waals surface area contributed by atoms with E-state index in [0.29, 0.717) is 5.02 Å². The first-order valence-corrected chi connectivity index (χ1v) is 7.70. The van der Waals surface area contributed by atoms with Gasteiger partial charge in [-0.15, -0.1) is 0 Å². The molecule has 7 nitrogen and oxygen atoms in total. The summed E-state index contributed by atoms with van der Waals surface area (Å²) in [6, 6.07) is 6.82. The van der Waals surface area contributed by atoms with Crippen LogP contribution in [0.2, 0.25) is 5.02 Å². The zero-order chi connectivity index (χ0) is 16.7. The van der Waals surface area contributed by atoms with E-state index >= 15 is 0 Å². The molecule has 9 heteroatoms. The van der Waals surface area contributed by atoms with Gasteiger partial charge in [-0.2, -0.15) is 0 Å². The van der Waals surface area contributed by atoms with E-state index in [1.807, 2.05) is 0 Å². The lowest BCUT2D eigenvalue weighted by molar-refractivity contribution is 0.0916. The molecule has 2 aromatic heterocycles. The largest absolute Gasteiger partial charge is 0.329 e. The predicted octanol–water partition coefficient (Wildman–Crippen LogP) is 1.72. The van der Waals surface area contributed by atoms with Gasteiger partial charge in [-0.05, 0) is 33.6 Å². The van der Waals surface area contributed by atoms with Crippen molar-refractivity contribution >= 4 is 44.6 Å². The molecule has 1 N–H and O–H groups in total. The zero-order valence-electron chi connectivity index (χ0n) is 11.8. The van der Waals surface area contributed by atoms with Gasteiger partial charge in [-0.25, -0.2) is 14.3 Å². The van der Waals surface area contributed by atoms with Gasteiger partial charge in [-0.3, -0.25) is 19.1 Å². The third kappa shape index (κ3) is 2.75. The molecule has 0 saturated carbocycles. The number of fused-ring (bicyclic) bond motifs is 1. The second kappa shape index (κ2) is 5.78. The van der Waals surface area contributed by atoms with E-state index in [1.165, 1.54) is 11.6 Å². The van der Waals surface area contributed by atoms with Gasteiger partial charge in [0.05, 0.1) is 6.42 Å². The quantitative estimate of drug-likeness (QED) is 0.667. The molecule has 3 aromatic rings. The number of aromatic nitrogens is 4. The second-order valence-electron chi connectivity index (χ2n) is 4.90. The lowest BCUT2D eigenvalue weighted by atomic mass is 10.1. The maximum absolute atomic E-state index is 12.6. The molecule has 0 saturated heterocycles. The van der Waals surface area contributed by atoms with Gasteiger partial charge in [0.15, 0.2) is 15.9 Å². The van der Waals surface area contributed by atoms with Crippen LogP contribution in [0.1, 0.15) is 10.4 Å². The van der Waals surface area contributed by atoms with Gasteiger partial charge in [0.1, 0.15) is 0 Å². The number of benzene rings is 1. The summed E-state index contributed by atoms with van der Waals surface area (Å²) in [5.74, 6) is -0.356. The molecule has 3 rings (SSSR count). The minimum absolute atomic E-state index is 0.0259. The van der Waals surface area contributed by atoms with E-state index in [4.69, 9.17) is 11.6 Å². The van der Waals surface area contributed by atoms with Crippen molar-refractivity contribution in [3.63, 3.8) is 0 Å². The summed E-state index contributed by atoms with van der Waals surface area (Å²) in [5, 5.41) is 0.571. The fourth-order valence-electron chi connectivity index (χ4n) is 2.24. The van der Waals surface area contributed by atoms with Gasteiger partial charge >= 0.3 is 5.69 Å². The van der Waals surface area contributed by atoms with Gasteiger partial charge in [-0.1, -0.05) is 23.7 Å². The van der Waals surface area contributed by atoms with Crippen LogP contribution in [0.25, 0.3) is 11.2 Å². The predicted molar refractivity (Wildman–Crippen MR) is 89.1 cm³/mol. The van der Waals surface area contributed by atoms with Gasteiger partial charge in [0, 0.05) is 12.1 Å². The number of aryl methyl sites for hydroxylation is 1. The van der Waals surface area contributed by atoms with E-state index in [0.717, 1.165) is 10.1 Å². The van der Waals surface area contributed by atoms with Crippen LogP contribution in [0.4, 0.5) is 0 Å². The number of H-pyrrole nitrogens is 1. The van der Waals surface area contributed by atoms with Crippen LogP contribution in [0, 0.1) is 0 Å². The zero-order valence-corrected chi connectivity index (χ0v) is 14.2. The molecule has 0 bridgehead atoms. The van der Waals surface area contributed by atoms with Crippen LogP contribution in [-0.4, -0.2) is 25.0 Å². The number of hydrogen-bond acceptors (Lipinski definition) is 4. The third-order valence-corrected chi connectivity index (χ3v) is 4.18. The number of rotatable bonds is 2. The number of halogens is 2. The standard InChI is InChI=1S/C14H10BrClN4O3/c1-19-11-10(12(22)18-14(19)23)20(13(15)17-11)9(21)6-7-2-4-8(16)5-3-7/h2-5H,6H2,1H3,(H,18,22,23). The van der Waals surface area contributed by atoms with Crippen molar-refractivity contribution in [1.82, 2.24) is 19.1 Å². The lowest BCUT2D eigenvalue weighted by Gasteiger charge is -2.05. The molecule has 0 aliphatic rings. The van der Waals surface area contributed by atoms with Crippen molar-refractivity contribution in [2.24, 2.45) is 7.05 Å². The maximum Gasteiger partial charge on any atom is 0.329 e. The molecule has 0 aliphatic carbocycles. The molecule has 1 aromatic carbocycles. The SMILES string of the molecule is Cn1c(=O)[nH]c(=O)c2c1nc(Br)n2C(=O)Cc1ccc(Cl)cc1. The van der Waals surface area contributed by atoms with Crippen LogP contribution in [0.5, 0.6) is 0 Å². The van der Waals surface area contributed by atoms with Crippen molar-refractivity contribution < 1.29 is 4.79 Å². The highest BCUT2D eigenvalue weighted by molar-refractivity contribution is 9.10. The van der Waals surface area contributed by atoms with Crippen LogP contribution in [0.15, 0.2) is 38.6 Å². The number of carbonyl (C=O) groups excluding carboxylic acids is 1. The molecule has 23 heavy (non-hydrogen) atoms. The molecule has 118 valence electrons. The molecule has 2 heterocycles. The van der Waals surface area contributed by atoms with E-state index < -0.39 is 11.2 Å². The fourth-order valence-corrected chi connectivity index (χ4v) is 2.91. The Kier molecular flexibility index (Phi) is 3.95. The Hall–Kier alpha value is -2.19. The average Bonchev–Trinajstić information content (AvgIpc) is 2.85. The summed E-state index contributed by atoms with van der Waals surface area (Å²) in [6.45, 7) is 0. The van der Waals surface area contributed by atoms with Gasteiger partial charge in [0.2, 0.25) is 5.91 Å². The van der Waals surface area contributed by atoms with Crippen LogP contribution < -0.4 is 11.2 Å². The molecule has 0 radical (unpaired) electrons. The summed E-state index contributed by atoms with van der Waals surface area (Å²) >= 11 is 8.99. The van der Waals surface area contributed by atoms with E-state index in [-0.39, 0.29) is 28.2 Å². The van der Waals surface area contributed by atoms with Crippen molar-refractivity contribution in [3.05, 3.63) is 60.4 Å². The average molecular weight is 398 g/mol. The van der Waals surface area contributed by atoms with Crippen molar-refractivity contribution in [2.45, 2.75) is 6.42 Å². The minimum atomic E-state index is -0.661. The highest BCUT2D eigenvalue weighted by atomic mass is 79.9. The Balaban J connectivity index is 2.12. The van der Waals surface area contributed by atoms with E-state index in [2.05, 4.69) is 25.9 Å². The summed E-state index contributed by atoms with van der Waals surface area (Å²) in [6.07, 6.45) is 0.0590. The topological polar surface area (TPSA) is 89.8 Å². The summed E-state index contributed by atoms with van der Waals surface area (Å²) < 4.78 is 2.49. The van der Waals surface area contributed by atoms with Crippen LogP contribution in [-0.2, 0) is 13.5 Å². The number of carbonyl (C=O) groups is 1. The van der Waals surface area contributed by atoms with E-state index in [1.54, 1.807) is 24.3 Å². The molecular weight excluding hydrogens is 388 g/mol. The second-order valence-corrected chi connectivity index (χ2v) is 6.05. The Bertz CT molecular complexity index is 1030.